The number of hydrogen-bond donors (Lipinski definition) is 2. The highest BCUT2D eigenvalue weighted by atomic mass is 19.2. The Bertz CT molecular complexity index is 653. The summed E-state index contributed by atoms with van der Waals surface area (Å²) in [7, 11) is 0. The van der Waals surface area contributed by atoms with Gasteiger partial charge in [0.05, 0.1) is 6.61 Å². The molecule has 0 aliphatic heterocycles. The van der Waals surface area contributed by atoms with Gasteiger partial charge in [-0.2, -0.15) is 5.12 Å². The van der Waals surface area contributed by atoms with Gasteiger partial charge >= 0.3 is 5.97 Å². The lowest BCUT2D eigenvalue weighted by molar-refractivity contribution is -0.150. The summed E-state index contributed by atoms with van der Waals surface area (Å²) < 4.78 is 13.9. The molecule has 0 spiro atoms. The van der Waals surface area contributed by atoms with Crippen LogP contribution in [0, 0.1) is 0 Å². The minimum atomic E-state index is -1.92. The van der Waals surface area contributed by atoms with Gasteiger partial charge in [0.2, 0.25) is 0 Å². The molecule has 104 valence electrons. The van der Waals surface area contributed by atoms with Crippen molar-refractivity contribution in [1.29, 1.82) is 0 Å². The van der Waals surface area contributed by atoms with Crippen molar-refractivity contribution in [3.05, 3.63) is 48.0 Å². The Hall–Kier alpha value is -2.47. The number of aliphatic carboxylic acids is 1. The van der Waals surface area contributed by atoms with Crippen LogP contribution in [0.4, 0.5) is 4.48 Å². The Morgan fingerprint density at radius 3 is 2.45 bits per heavy atom. The number of amides is 1. The molecule has 0 heterocycles. The number of carbonyl (C=O) groups excluding carboxylic acids is 1. The highest BCUT2D eigenvalue weighted by molar-refractivity contribution is 6.07. The Morgan fingerprint density at radius 1 is 1.15 bits per heavy atom. The molecule has 0 saturated heterocycles. The van der Waals surface area contributed by atoms with Crippen molar-refractivity contribution in [1.82, 2.24) is 5.12 Å². The highest BCUT2D eigenvalue weighted by Gasteiger charge is 2.31. The summed E-state index contributed by atoms with van der Waals surface area (Å²) in [5, 5.41) is 18.4. The number of carboxylic acids is 1. The van der Waals surface area contributed by atoms with E-state index in [-0.39, 0.29) is 5.56 Å². The SMILES string of the molecule is O=C(O)C(CO)N(F)C(=O)c1cccc2ccccc12. The number of halogens is 1. The number of fused-ring (bicyclic) bond motifs is 1. The summed E-state index contributed by atoms with van der Waals surface area (Å²) in [6.45, 7) is -0.998. The van der Waals surface area contributed by atoms with E-state index in [9.17, 15) is 14.1 Å². The molecule has 1 atom stereocenters. The molecule has 0 saturated carbocycles. The quantitative estimate of drug-likeness (QED) is 0.832. The molecular weight excluding hydrogens is 265 g/mol. The van der Waals surface area contributed by atoms with Gasteiger partial charge in [-0.25, -0.2) is 4.79 Å². The maximum absolute atomic E-state index is 13.9. The van der Waals surface area contributed by atoms with Gasteiger partial charge in [-0.05, 0) is 16.8 Å². The standard InChI is InChI=1S/C14H12FNO4/c15-16(12(8-17)14(19)20)13(18)11-7-3-5-9-4-1-2-6-10(9)11/h1-7,12,17H,8H2,(H,19,20). The molecule has 0 radical (unpaired) electrons. The zero-order chi connectivity index (χ0) is 14.7. The van der Waals surface area contributed by atoms with Gasteiger partial charge in [0.15, 0.2) is 6.04 Å². The number of carboxylic acid groups (broad SMARTS) is 1. The summed E-state index contributed by atoms with van der Waals surface area (Å²) in [4.78, 5) is 22.8. The van der Waals surface area contributed by atoms with E-state index in [1.165, 1.54) is 6.07 Å². The molecule has 2 rings (SSSR count). The molecule has 20 heavy (non-hydrogen) atoms. The van der Waals surface area contributed by atoms with E-state index in [1.54, 1.807) is 36.4 Å². The summed E-state index contributed by atoms with van der Waals surface area (Å²) in [5.41, 5.74) is 0.0466. The van der Waals surface area contributed by atoms with E-state index in [4.69, 9.17) is 10.2 Å². The minimum absolute atomic E-state index is 0.0466. The van der Waals surface area contributed by atoms with E-state index < -0.39 is 29.6 Å². The van der Waals surface area contributed by atoms with Crippen molar-refractivity contribution in [2.75, 3.05) is 6.61 Å². The minimum Gasteiger partial charge on any atom is -0.480 e. The first-order valence-electron chi connectivity index (χ1n) is 5.87. The number of aliphatic hydroxyl groups is 1. The van der Waals surface area contributed by atoms with Gasteiger partial charge < -0.3 is 10.2 Å². The Balaban J connectivity index is 2.43. The summed E-state index contributed by atoms with van der Waals surface area (Å²) in [6, 6.07) is 9.71. The summed E-state index contributed by atoms with van der Waals surface area (Å²) in [5.74, 6) is -2.70. The van der Waals surface area contributed by atoms with Gasteiger partial charge in [-0.15, -0.1) is 0 Å². The van der Waals surface area contributed by atoms with Crippen LogP contribution < -0.4 is 0 Å². The predicted octanol–water partition coefficient (Wildman–Crippen LogP) is 1.61. The summed E-state index contributed by atoms with van der Waals surface area (Å²) in [6.07, 6.45) is 0. The molecule has 0 aliphatic carbocycles. The largest absolute Gasteiger partial charge is 0.480 e. The molecule has 1 unspecified atom stereocenters. The van der Waals surface area contributed by atoms with Crippen LogP contribution in [-0.4, -0.2) is 39.9 Å². The number of nitrogens with zero attached hydrogens (tertiary/aromatic N) is 1. The van der Waals surface area contributed by atoms with Crippen LogP contribution in [0.2, 0.25) is 0 Å². The molecule has 0 fully saturated rings. The maximum atomic E-state index is 13.9. The van der Waals surface area contributed by atoms with Crippen molar-refractivity contribution in [2.24, 2.45) is 0 Å². The topological polar surface area (TPSA) is 77.8 Å². The fraction of sp³-hybridized carbons (Fsp3) is 0.143. The Kier molecular flexibility index (Phi) is 3.95. The number of aliphatic hydroxyl groups excluding tert-OH is 1. The van der Waals surface area contributed by atoms with Crippen molar-refractivity contribution in [3.63, 3.8) is 0 Å². The third kappa shape index (κ3) is 2.46. The number of rotatable bonds is 4. The first-order chi connectivity index (χ1) is 9.56. The monoisotopic (exact) mass is 277 g/mol. The first kappa shape index (κ1) is 14.0. The zero-order valence-corrected chi connectivity index (χ0v) is 10.4. The summed E-state index contributed by atoms with van der Waals surface area (Å²) >= 11 is 0. The fourth-order valence-electron chi connectivity index (χ4n) is 1.92. The van der Waals surface area contributed by atoms with Crippen molar-refractivity contribution < 1.29 is 24.3 Å². The van der Waals surface area contributed by atoms with E-state index in [0.717, 1.165) is 5.39 Å². The van der Waals surface area contributed by atoms with Crippen LogP contribution in [0.3, 0.4) is 0 Å². The fourth-order valence-corrected chi connectivity index (χ4v) is 1.92. The molecule has 2 N–H and O–H groups in total. The molecule has 2 aromatic carbocycles. The first-order valence-corrected chi connectivity index (χ1v) is 5.87. The van der Waals surface area contributed by atoms with Crippen LogP contribution in [0.1, 0.15) is 10.4 Å². The van der Waals surface area contributed by atoms with Crippen LogP contribution in [0.25, 0.3) is 10.8 Å². The lowest BCUT2D eigenvalue weighted by Gasteiger charge is -2.18. The molecule has 0 aliphatic rings. The van der Waals surface area contributed by atoms with Crippen LogP contribution in [0.5, 0.6) is 0 Å². The van der Waals surface area contributed by atoms with Crippen molar-refractivity contribution >= 4 is 22.6 Å². The molecular formula is C14H12FNO4. The third-order valence-corrected chi connectivity index (χ3v) is 2.95. The van der Waals surface area contributed by atoms with E-state index >= 15 is 0 Å². The molecule has 5 nitrogen and oxygen atoms in total. The van der Waals surface area contributed by atoms with Crippen LogP contribution >= 0.6 is 0 Å². The molecule has 6 heteroatoms. The molecule has 0 aromatic heterocycles. The van der Waals surface area contributed by atoms with Gasteiger partial charge in [-0.1, -0.05) is 40.9 Å². The molecule has 0 bridgehead atoms. The molecule has 1 amide bonds. The van der Waals surface area contributed by atoms with Crippen LogP contribution in [0.15, 0.2) is 42.5 Å². The van der Waals surface area contributed by atoms with E-state index in [0.29, 0.717) is 5.39 Å². The maximum Gasteiger partial charge on any atom is 0.331 e. The zero-order valence-electron chi connectivity index (χ0n) is 10.4. The molecule has 2 aromatic rings. The third-order valence-electron chi connectivity index (χ3n) is 2.95. The second-order valence-corrected chi connectivity index (χ2v) is 4.18. The smallest absolute Gasteiger partial charge is 0.331 e. The normalized spacial score (nSPS) is 12.1. The van der Waals surface area contributed by atoms with Crippen molar-refractivity contribution in [3.8, 4) is 0 Å². The average Bonchev–Trinajstić information content (AvgIpc) is 2.46. The Labute approximate surface area is 113 Å². The lowest BCUT2D eigenvalue weighted by atomic mass is 10.0. The number of hydrogen-bond acceptors (Lipinski definition) is 3. The van der Waals surface area contributed by atoms with Gasteiger partial charge in [0.25, 0.3) is 5.91 Å². The van der Waals surface area contributed by atoms with E-state index in [2.05, 4.69) is 0 Å². The van der Waals surface area contributed by atoms with Crippen molar-refractivity contribution in [2.45, 2.75) is 6.04 Å². The van der Waals surface area contributed by atoms with Crippen LogP contribution in [-0.2, 0) is 4.79 Å². The van der Waals surface area contributed by atoms with Gasteiger partial charge in [-0.3, -0.25) is 4.79 Å². The second-order valence-electron chi connectivity index (χ2n) is 4.18. The number of carbonyl (C=O) groups is 2. The lowest BCUT2D eigenvalue weighted by Crippen LogP contribution is -2.42. The highest BCUT2D eigenvalue weighted by Crippen LogP contribution is 2.21. The van der Waals surface area contributed by atoms with Gasteiger partial charge in [0, 0.05) is 5.56 Å². The predicted molar refractivity (Wildman–Crippen MR) is 69.7 cm³/mol. The average molecular weight is 277 g/mol. The number of benzene rings is 2. The van der Waals surface area contributed by atoms with E-state index in [1.807, 2.05) is 0 Å². The van der Waals surface area contributed by atoms with Gasteiger partial charge in [0.1, 0.15) is 0 Å². The Morgan fingerprint density at radius 2 is 1.80 bits per heavy atom. The second kappa shape index (κ2) is 5.66.